The molecule has 0 aliphatic carbocycles. The Bertz CT molecular complexity index is 638. The summed E-state index contributed by atoms with van der Waals surface area (Å²) < 4.78 is 5.53. The normalized spacial score (nSPS) is 11.5. The Kier molecular flexibility index (Phi) is 5.55. The van der Waals surface area contributed by atoms with Crippen molar-refractivity contribution in [1.82, 2.24) is 5.32 Å². The van der Waals surface area contributed by atoms with Gasteiger partial charge in [0.1, 0.15) is 12.0 Å². The van der Waals surface area contributed by atoms with Crippen molar-refractivity contribution in [1.29, 1.82) is 0 Å². The van der Waals surface area contributed by atoms with E-state index in [1.807, 2.05) is 12.1 Å². The smallest absolute Gasteiger partial charge is 0.261 e. The minimum Gasteiger partial charge on any atom is -0.481 e. The van der Waals surface area contributed by atoms with E-state index in [0.29, 0.717) is 22.9 Å². The molecular weight excluding hydrogens is 302 g/mol. The van der Waals surface area contributed by atoms with Crippen LogP contribution in [0.1, 0.15) is 22.8 Å². The van der Waals surface area contributed by atoms with Crippen molar-refractivity contribution >= 4 is 23.8 Å². The molecule has 0 aliphatic heterocycles. The molecule has 5 heteroatoms. The maximum Gasteiger partial charge on any atom is 0.261 e. The second-order valence-electron chi connectivity index (χ2n) is 4.79. The number of carbonyl (C=O) groups excluding carboxylic acids is 2. The van der Waals surface area contributed by atoms with Gasteiger partial charge >= 0.3 is 0 Å². The minimum absolute atomic E-state index is 0.214. The van der Waals surface area contributed by atoms with Gasteiger partial charge in [0.2, 0.25) is 0 Å². The molecule has 2 aromatic rings. The topological polar surface area (TPSA) is 55.4 Å². The Balaban J connectivity index is 1.85. The Labute approximate surface area is 134 Å². The average Bonchev–Trinajstić information content (AvgIpc) is 2.54. The Morgan fingerprint density at radius 3 is 2.41 bits per heavy atom. The van der Waals surface area contributed by atoms with Crippen LogP contribution in [-0.4, -0.2) is 18.3 Å². The summed E-state index contributed by atoms with van der Waals surface area (Å²) >= 11 is 5.81. The van der Waals surface area contributed by atoms with Crippen LogP contribution in [-0.2, 0) is 11.3 Å². The number of aldehydes is 1. The predicted octanol–water partition coefficient (Wildman–Crippen LogP) is 3.24. The fourth-order valence-electron chi connectivity index (χ4n) is 1.82. The molecule has 1 amide bonds. The van der Waals surface area contributed by atoms with Crippen LogP contribution in [0.3, 0.4) is 0 Å². The van der Waals surface area contributed by atoms with Crippen molar-refractivity contribution in [3.8, 4) is 5.75 Å². The van der Waals surface area contributed by atoms with Gasteiger partial charge in [-0.05, 0) is 48.9 Å². The van der Waals surface area contributed by atoms with Gasteiger partial charge in [-0.1, -0.05) is 23.7 Å². The highest BCUT2D eigenvalue weighted by atomic mass is 35.5. The summed E-state index contributed by atoms with van der Waals surface area (Å²) in [6.07, 6.45) is 0.126. The lowest BCUT2D eigenvalue weighted by Crippen LogP contribution is -2.35. The van der Waals surface area contributed by atoms with Crippen molar-refractivity contribution < 1.29 is 14.3 Å². The molecule has 2 aromatic carbocycles. The number of benzene rings is 2. The number of carbonyl (C=O) groups is 2. The van der Waals surface area contributed by atoms with Gasteiger partial charge in [0.05, 0.1) is 0 Å². The number of hydrogen-bond donors (Lipinski definition) is 1. The molecule has 0 fully saturated rings. The molecule has 22 heavy (non-hydrogen) atoms. The van der Waals surface area contributed by atoms with E-state index in [1.165, 1.54) is 0 Å². The summed E-state index contributed by atoms with van der Waals surface area (Å²) in [6.45, 7) is 2.08. The molecule has 0 spiro atoms. The first-order valence-electron chi connectivity index (χ1n) is 6.82. The molecule has 4 nitrogen and oxygen atoms in total. The lowest BCUT2D eigenvalue weighted by Gasteiger charge is -2.15. The van der Waals surface area contributed by atoms with E-state index in [0.717, 1.165) is 11.8 Å². The van der Waals surface area contributed by atoms with E-state index in [1.54, 1.807) is 43.3 Å². The van der Waals surface area contributed by atoms with Crippen molar-refractivity contribution in [3.05, 3.63) is 64.7 Å². The zero-order chi connectivity index (χ0) is 15.9. The number of rotatable bonds is 6. The van der Waals surface area contributed by atoms with Crippen molar-refractivity contribution in [2.45, 2.75) is 19.6 Å². The summed E-state index contributed by atoms with van der Waals surface area (Å²) in [5, 5.41) is 3.46. The summed E-state index contributed by atoms with van der Waals surface area (Å²) in [7, 11) is 0. The summed E-state index contributed by atoms with van der Waals surface area (Å²) in [6, 6.07) is 13.9. The van der Waals surface area contributed by atoms with Gasteiger partial charge in [0, 0.05) is 17.1 Å². The lowest BCUT2D eigenvalue weighted by atomic mass is 10.2. The van der Waals surface area contributed by atoms with Crippen molar-refractivity contribution in [2.75, 3.05) is 0 Å². The first-order chi connectivity index (χ1) is 10.6. The molecule has 114 valence electrons. The Hall–Kier alpha value is -2.33. The van der Waals surface area contributed by atoms with E-state index in [-0.39, 0.29) is 5.91 Å². The molecule has 0 aromatic heterocycles. The van der Waals surface area contributed by atoms with E-state index in [4.69, 9.17) is 16.3 Å². The Morgan fingerprint density at radius 2 is 1.82 bits per heavy atom. The van der Waals surface area contributed by atoms with Gasteiger partial charge in [-0.25, -0.2) is 0 Å². The fourth-order valence-corrected chi connectivity index (χ4v) is 1.94. The predicted molar refractivity (Wildman–Crippen MR) is 85.2 cm³/mol. The van der Waals surface area contributed by atoms with Crippen LogP contribution in [0.5, 0.6) is 5.75 Å². The number of nitrogens with one attached hydrogen (secondary N) is 1. The largest absolute Gasteiger partial charge is 0.481 e. The molecule has 1 N–H and O–H groups in total. The molecular formula is C17H16ClNO3. The van der Waals surface area contributed by atoms with Gasteiger partial charge in [-0.2, -0.15) is 0 Å². The van der Waals surface area contributed by atoms with Crippen molar-refractivity contribution in [2.24, 2.45) is 0 Å². The van der Waals surface area contributed by atoms with Gasteiger partial charge in [-0.3, -0.25) is 9.59 Å². The first kappa shape index (κ1) is 16.0. The van der Waals surface area contributed by atoms with Crippen LogP contribution in [0.15, 0.2) is 48.5 Å². The Morgan fingerprint density at radius 1 is 1.18 bits per heavy atom. The van der Waals surface area contributed by atoms with Crippen LogP contribution in [0, 0.1) is 0 Å². The van der Waals surface area contributed by atoms with Crippen LogP contribution >= 0.6 is 11.6 Å². The molecule has 0 saturated heterocycles. The van der Waals surface area contributed by atoms with E-state index in [9.17, 15) is 9.59 Å². The third kappa shape index (κ3) is 4.60. The molecule has 1 unspecified atom stereocenters. The van der Waals surface area contributed by atoms with E-state index in [2.05, 4.69) is 5.32 Å². The van der Waals surface area contributed by atoms with E-state index >= 15 is 0 Å². The quantitative estimate of drug-likeness (QED) is 0.832. The molecule has 0 bridgehead atoms. The highest BCUT2D eigenvalue weighted by Gasteiger charge is 2.14. The van der Waals surface area contributed by atoms with Gasteiger partial charge in [0.15, 0.2) is 6.10 Å². The number of ether oxygens (including phenoxy) is 1. The fraction of sp³-hybridized carbons (Fsp3) is 0.176. The third-order valence-corrected chi connectivity index (χ3v) is 3.33. The third-order valence-electron chi connectivity index (χ3n) is 3.08. The number of halogens is 1. The van der Waals surface area contributed by atoms with Crippen LogP contribution in [0.4, 0.5) is 0 Å². The van der Waals surface area contributed by atoms with Gasteiger partial charge < -0.3 is 10.1 Å². The summed E-state index contributed by atoms with van der Waals surface area (Å²) in [5.41, 5.74) is 1.52. The summed E-state index contributed by atoms with van der Waals surface area (Å²) in [4.78, 5) is 22.6. The molecule has 2 rings (SSSR count). The second-order valence-corrected chi connectivity index (χ2v) is 5.23. The SMILES string of the molecule is CC(Oc1ccc(C=O)cc1)C(=O)NCc1ccc(Cl)cc1. The highest BCUT2D eigenvalue weighted by Crippen LogP contribution is 2.13. The molecule has 0 saturated carbocycles. The lowest BCUT2D eigenvalue weighted by molar-refractivity contribution is -0.127. The average molecular weight is 318 g/mol. The molecule has 0 radical (unpaired) electrons. The van der Waals surface area contributed by atoms with Gasteiger partial charge in [-0.15, -0.1) is 0 Å². The molecule has 1 atom stereocenters. The number of amides is 1. The maximum absolute atomic E-state index is 12.0. The summed E-state index contributed by atoms with van der Waals surface area (Å²) in [5.74, 6) is 0.328. The molecule has 0 aliphatic rings. The monoisotopic (exact) mass is 317 g/mol. The second kappa shape index (κ2) is 7.61. The highest BCUT2D eigenvalue weighted by molar-refractivity contribution is 6.30. The van der Waals surface area contributed by atoms with Crippen LogP contribution < -0.4 is 10.1 Å². The van der Waals surface area contributed by atoms with Crippen LogP contribution in [0.2, 0.25) is 5.02 Å². The zero-order valence-corrected chi connectivity index (χ0v) is 12.8. The first-order valence-corrected chi connectivity index (χ1v) is 7.20. The van der Waals surface area contributed by atoms with E-state index < -0.39 is 6.10 Å². The number of hydrogen-bond acceptors (Lipinski definition) is 3. The maximum atomic E-state index is 12.0. The van der Waals surface area contributed by atoms with Crippen LogP contribution in [0.25, 0.3) is 0 Å². The zero-order valence-electron chi connectivity index (χ0n) is 12.1. The van der Waals surface area contributed by atoms with Crippen molar-refractivity contribution in [3.63, 3.8) is 0 Å². The standard InChI is InChI=1S/C17H16ClNO3/c1-12(22-16-8-4-14(11-20)5-9-16)17(21)19-10-13-2-6-15(18)7-3-13/h2-9,11-12H,10H2,1H3,(H,19,21). The minimum atomic E-state index is -0.630. The van der Waals surface area contributed by atoms with Gasteiger partial charge in [0.25, 0.3) is 5.91 Å². The molecule has 0 heterocycles.